The summed E-state index contributed by atoms with van der Waals surface area (Å²) in [5.41, 5.74) is 1.83. The Kier molecular flexibility index (Phi) is 6.36. The molecule has 0 spiro atoms. The third-order valence-electron chi connectivity index (χ3n) is 3.71. The summed E-state index contributed by atoms with van der Waals surface area (Å²) in [7, 11) is 0. The lowest BCUT2D eigenvalue weighted by Crippen LogP contribution is -2.16. The van der Waals surface area contributed by atoms with Crippen LogP contribution in [0.5, 0.6) is 5.75 Å². The number of ether oxygens (including phenoxy) is 1. The Morgan fingerprint density at radius 2 is 1.60 bits per heavy atom. The van der Waals surface area contributed by atoms with Gasteiger partial charge in [-0.1, -0.05) is 0 Å². The summed E-state index contributed by atoms with van der Waals surface area (Å²) in [6.07, 6.45) is -3.09. The highest BCUT2D eigenvalue weighted by atomic mass is 32.1. The smallest absolute Gasteiger partial charge is 0.406 e. The maximum atomic E-state index is 12.2. The topological polar surface area (TPSA) is 80.3 Å². The molecule has 0 aliphatic carbocycles. The predicted molar refractivity (Wildman–Crippen MR) is 107 cm³/mol. The van der Waals surface area contributed by atoms with Gasteiger partial charge in [0.05, 0.1) is 6.42 Å². The molecule has 0 unspecified atom stereocenters. The molecule has 30 heavy (non-hydrogen) atoms. The fourth-order valence-corrected chi connectivity index (χ4v) is 3.44. The van der Waals surface area contributed by atoms with Crippen molar-refractivity contribution >= 4 is 34.5 Å². The minimum atomic E-state index is -4.74. The van der Waals surface area contributed by atoms with Crippen LogP contribution in [0.1, 0.15) is 11.8 Å². The average molecular weight is 435 g/mol. The van der Waals surface area contributed by atoms with Crippen LogP contribution in [0.15, 0.2) is 54.7 Å². The Hall–Kier alpha value is -3.40. The van der Waals surface area contributed by atoms with Crippen LogP contribution in [0.25, 0.3) is 10.6 Å². The van der Waals surface area contributed by atoms with Gasteiger partial charge in [0, 0.05) is 34.9 Å². The van der Waals surface area contributed by atoms with Gasteiger partial charge in [-0.3, -0.25) is 9.59 Å². The number of aromatic nitrogens is 1. The lowest BCUT2D eigenvalue weighted by molar-refractivity contribution is -0.274. The summed E-state index contributed by atoms with van der Waals surface area (Å²) < 4.78 is 40.5. The molecule has 0 radical (unpaired) electrons. The Labute approximate surface area is 173 Å². The number of anilines is 2. The van der Waals surface area contributed by atoms with Crippen LogP contribution >= 0.6 is 11.3 Å². The van der Waals surface area contributed by atoms with Crippen LogP contribution < -0.4 is 15.4 Å². The number of benzene rings is 2. The monoisotopic (exact) mass is 435 g/mol. The largest absolute Gasteiger partial charge is 0.573 e. The van der Waals surface area contributed by atoms with E-state index in [0.717, 1.165) is 0 Å². The molecular weight excluding hydrogens is 419 g/mol. The van der Waals surface area contributed by atoms with Crippen molar-refractivity contribution in [3.05, 3.63) is 59.6 Å². The number of hydrogen-bond acceptors (Lipinski definition) is 5. The number of nitrogens with one attached hydrogen (secondary N) is 2. The highest BCUT2D eigenvalue weighted by Gasteiger charge is 2.31. The van der Waals surface area contributed by atoms with Gasteiger partial charge >= 0.3 is 6.36 Å². The highest BCUT2D eigenvalue weighted by Crippen LogP contribution is 2.29. The summed E-state index contributed by atoms with van der Waals surface area (Å²) in [6, 6.07) is 12.1. The zero-order valence-corrected chi connectivity index (χ0v) is 16.4. The first-order chi connectivity index (χ1) is 14.2. The van der Waals surface area contributed by atoms with Crippen LogP contribution in [-0.4, -0.2) is 23.2 Å². The summed E-state index contributed by atoms with van der Waals surface area (Å²) in [5.74, 6) is -0.742. The van der Waals surface area contributed by atoms with E-state index in [0.29, 0.717) is 26.8 Å². The molecule has 0 saturated heterocycles. The van der Waals surface area contributed by atoms with Crippen LogP contribution in [0.2, 0.25) is 0 Å². The molecule has 3 aromatic rings. The number of nitrogens with zero attached hydrogens (tertiary/aromatic N) is 1. The first-order valence-electron chi connectivity index (χ1n) is 8.66. The summed E-state index contributed by atoms with van der Waals surface area (Å²) in [5, 5.41) is 5.97. The normalized spacial score (nSPS) is 11.1. The van der Waals surface area contributed by atoms with Crippen LogP contribution in [-0.2, 0) is 16.0 Å². The van der Waals surface area contributed by atoms with Gasteiger partial charge in [0.15, 0.2) is 0 Å². The van der Waals surface area contributed by atoms with Crippen LogP contribution in [0.4, 0.5) is 24.5 Å². The van der Waals surface area contributed by atoms with Crippen molar-refractivity contribution in [1.29, 1.82) is 0 Å². The molecule has 0 aliphatic heterocycles. The number of hydrogen-bond donors (Lipinski definition) is 2. The average Bonchev–Trinajstić information content (AvgIpc) is 3.10. The van der Waals surface area contributed by atoms with Gasteiger partial charge in [-0.2, -0.15) is 0 Å². The molecule has 2 amide bonds. The molecule has 1 aromatic heterocycles. The van der Waals surface area contributed by atoms with Crippen LogP contribution in [0.3, 0.4) is 0 Å². The molecule has 0 atom stereocenters. The van der Waals surface area contributed by atoms with Gasteiger partial charge in [0.1, 0.15) is 10.8 Å². The number of thiazole rings is 1. The van der Waals surface area contributed by atoms with Crippen molar-refractivity contribution in [2.24, 2.45) is 0 Å². The Morgan fingerprint density at radius 1 is 1.00 bits per heavy atom. The van der Waals surface area contributed by atoms with Crippen molar-refractivity contribution in [3.63, 3.8) is 0 Å². The number of carbonyl (C=O) groups is 2. The summed E-state index contributed by atoms with van der Waals surface area (Å²) >= 11 is 1.27. The SMILES string of the molecule is CC(=O)Nc1ccc(NC(=O)Cc2cnc(-c3ccc(OC(F)(F)F)cc3)s2)cc1. The maximum Gasteiger partial charge on any atom is 0.573 e. The molecule has 0 fully saturated rings. The molecule has 0 bridgehead atoms. The van der Waals surface area contributed by atoms with Crippen molar-refractivity contribution in [2.45, 2.75) is 19.7 Å². The Morgan fingerprint density at radius 3 is 2.17 bits per heavy atom. The minimum absolute atomic E-state index is 0.0976. The number of rotatable bonds is 6. The lowest BCUT2D eigenvalue weighted by Gasteiger charge is -2.08. The molecule has 3 rings (SSSR count). The number of amides is 2. The Balaban J connectivity index is 1.58. The number of halogens is 3. The second kappa shape index (κ2) is 8.95. The second-order valence-electron chi connectivity index (χ2n) is 6.19. The molecule has 0 saturated carbocycles. The van der Waals surface area contributed by atoms with E-state index in [1.165, 1.54) is 42.5 Å². The van der Waals surface area contributed by atoms with Gasteiger partial charge in [0.25, 0.3) is 0 Å². The van der Waals surface area contributed by atoms with E-state index in [9.17, 15) is 22.8 Å². The van der Waals surface area contributed by atoms with Gasteiger partial charge in [-0.15, -0.1) is 24.5 Å². The lowest BCUT2D eigenvalue weighted by atomic mass is 10.2. The molecule has 156 valence electrons. The predicted octanol–water partition coefficient (Wildman–Crippen LogP) is 4.85. The van der Waals surface area contributed by atoms with E-state index in [1.54, 1.807) is 30.5 Å². The number of alkyl halides is 3. The van der Waals surface area contributed by atoms with Crippen molar-refractivity contribution in [2.75, 3.05) is 10.6 Å². The fourth-order valence-electron chi connectivity index (χ4n) is 2.53. The van der Waals surface area contributed by atoms with E-state index >= 15 is 0 Å². The fraction of sp³-hybridized carbons (Fsp3) is 0.150. The minimum Gasteiger partial charge on any atom is -0.406 e. The van der Waals surface area contributed by atoms with E-state index in [2.05, 4.69) is 20.4 Å². The molecule has 1 heterocycles. The van der Waals surface area contributed by atoms with Crippen molar-refractivity contribution in [3.8, 4) is 16.3 Å². The highest BCUT2D eigenvalue weighted by molar-refractivity contribution is 7.15. The molecular formula is C20H16F3N3O3S. The van der Waals surface area contributed by atoms with Gasteiger partial charge in [-0.05, 0) is 48.5 Å². The summed E-state index contributed by atoms with van der Waals surface area (Å²) in [6.45, 7) is 1.41. The van der Waals surface area contributed by atoms with Crippen LogP contribution in [0, 0.1) is 0 Å². The zero-order valence-electron chi connectivity index (χ0n) is 15.6. The van der Waals surface area contributed by atoms with E-state index < -0.39 is 6.36 Å². The summed E-state index contributed by atoms with van der Waals surface area (Å²) in [4.78, 5) is 28.2. The van der Waals surface area contributed by atoms with E-state index in [-0.39, 0.29) is 24.0 Å². The first kappa shape index (κ1) is 21.3. The third kappa shape index (κ3) is 6.31. The quantitative estimate of drug-likeness (QED) is 0.580. The van der Waals surface area contributed by atoms with Crippen molar-refractivity contribution < 1.29 is 27.5 Å². The van der Waals surface area contributed by atoms with E-state index in [4.69, 9.17) is 0 Å². The first-order valence-corrected chi connectivity index (χ1v) is 9.48. The van der Waals surface area contributed by atoms with Gasteiger partial charge in [-0.25, -0.2) is 4.98 Å². The Bertz CT molecular complexity index is 1030. The van der Waals surface area contributed by atoms with Crippen molar-refractivity contribution in [1.82, 2.24) is 4.98 Å². The van der Waals surface area contributed by atoms with Gasteiger partial charge < -0.3 is 15.4 Å². The molecule has 2 aromatic carbocycles. The molecule has 6 nitrogen and oxygen atoms in total. The number of carbonyl (C=O) groups excluding carboxylic acids is 2. The maximum absolute atomic E-state index is 12.2. The molecule has 0 aliphatic rings. The third-order valence-corrected chi connectivity index (χ3v) is 4.76. The molecule has 10 heteroatoms. The van der Waals surface area contributed by atoms with E-state index in [1.807, 2.05) is 0 Å². The molecule has 2 N–H and O–H groups in total. The standard InChI is InChI=1S/C20H16F3N3O3S/c1-12(27)25-14-4-6-15(7-5-14)26-18(28)10-17-11-24-19(30-17)13-2-8-16(9-3-13)29-20(21,22)23/h2-9,11H,10H2,1H3,(H,25,27)(H,26,28). The zero-order chi connectivity index (χ0) is 21.7. The second-order valence-corrected chi connectivity index (χ2v) is 7.30. The van der Waals surface area contributed by atoms with Gasteiger partial charge in [0.2, 0.25) is 11.8 Å².